The number of hydrogen-bond acceptors (Lipinski definition) is 5. The van der Waals surface area contributed by atoms with Gasteiger partial charge in [-0.05, 0) is 37.8 Å². The molecule has 0 saturated carbocycles. The summed E-state index contributed by atoms with van der Waals surface area (Å²) < 4.78 is 4.47. The van der Waals surface area contributed by atoms with Crippen molar-refractivity contribution in [2.24, 2.45) is 0 Å². The van der Waals surface area contributed by atoms with Crippen LogP contribution in [0.4, 0.5) is 0 Å². The molecule has 106 valence electrons. The first-order chi connectivity index (χ1) is 9.13. The van der Waals surface area contributed by atoms with Gasteiger partial charge in [-0.1, -0.05) is 13.8 Å². The number of aromatic nitrogens is 2. The molecule has 0 aromatic carbocycles. The summed E-state index contributed by atoms with van der Waals surface area (Å²) in [6.45, 7) is 11.4. The van der Waals surface area contributed by atoms with Gasteiger partial charge in [0.2, 0.25) is 0 Å². The van der Waals surface area contributed by atoms with E-state index in [1.165, 1.54) is 37.5 Å². The molecule has 0 spiro atoms. The van der Waals surface area contributed by atoms with Gasteiger partial charge < -0.3 is 0 Å². The second-order valence-electron chi connectivity index (χ2n) is 6.27. The summed E-state index contributed by atoms with van der Waals surface area (Å²) in [5.74, 6) is 1.45. The first kappa shape index (κ1) is 13.5. The fraction of sp³-hybridized carbons (Fsp3) is 0.857. The molecule has 2 atom stereocenters. The predicted octanol–water partition coefficient (Wildman–Crippen LogP) is 2.33. The molecule has 19 heavy (non-hydrogen) atoms. The number of nitrogens with zero attached hydrogens (tertiary/aromatic N) is 4. The van der Waals surface area contributed by atoms with Crippen LogP contribution in [0.15, 0.2) is 0 Å². The standard InChI is InChI=1S/C14H24N4S/c1-10(2)14-15-13(19-16-14)9-18-8-12-5-4-6-17(12)7-11(18)3/h10-12H,4-9H2,1-3H3. The van der Waals surface area contributed by atoms with Crippen molar-refractivity contribution in [1.29, 1.82) is 0 Å². The highest BCUT2D eigenvalue weighted by atomic mass is 32.1. The minimum atomic E-state index is 0.439. The molecule has 2 saturated heterocycles. The fourth-order valence-corrected chi connectivity index (χ4v) is 4.02. The van der Waals surface area contributed by atoms with Crippen LogP contribution < -0.4 is 0 Å². The van der Waals surface area contributed by atoms with E-state index in [2.05, 4.69) is 39.9 Å². The molecule has 2 aliphatic rings. The Labute approximate surface area is 120 Å². The van der Waals surface area contributed by atoms with E-state index in [9.17, 15) is 0 Å². The molecule has 2 aliphatic heterocycles. The van der Waals surface area contributed by atoms with Gasteiger partial charge in [0, 0.05) is 31.1 Å². The molecule has 0 N–H and O–H groups in total. The zero-order chi connectivity index (χ0) is 13.4. The summed E-state index contributed by atoms with van der Waals surface area (Å²) >= 11 is 1.58. The van der Waals surface area contributed by atoms with Gasteiger partial charge in [0.25, 0.3) is 0 Å². The quantitative estimate of drug-likeness (QED) is 0.850. The van der Waals surface area contributed by atoms with E-state index in [-0.39, 0.29) is 0 Å². The Bertz CT molecular complexity index is 431. The third-order valence-electron chi connectivity index (χ3n) is 4.40. The average molecular weight is 280 g/mol. The molecule has 2 unspecified atom stereocenters. The van der Waals surface area contributed by atoms with Gasteiger partial charge in [0.05, 0.1) is 6.54 Å². The summed E-state index contributed by atoms with van der Waals surface area (Å²) in [5.41, 5.74) is 0. The van der Waals surface area contributed by atoms with Crippen LogP contribution in [0, 0.1) is 0 Å². The highest BCUT2D eigenvalue weighted by molar-refractivity contribution is 7.05. The van der Waals surface area contributed by atoms with Crippen molar-refractivity contribution in [2.75, 3.05) is 19.6 Å². The molecule has 0 aliphatic carbocycles. The minimum absolute atomic E-state index is 0.439. The van der Waals surface area contributed by atoms with Crippen molar-refractivity contribution in [3.05, 3.63) is 10.8 Å². The lowest BCUT2D eigenvalue weighted by molar-refractivity contribution is 0.0539. The second kappa shape index (κ2) is 5.46. The van der Waals surface area contributed by atoms with E-state index in [1.54, 1.807) is 11.5 Å². The van der Waals surface area contributed by atoms with Crippen molar-refractivity contribution < 1.29 is 0 Å². The highest BCUT2D eigenvalue weighted by Gasteiger charge is 2.34. The Morgan fingerprint density at radius 3 is 2.95 bits per heavy atom. The number of piperazine rings is 1. The molecule has 3 rings (SSSR count). The van der Waals surface area contributed by atoms with Gasteiger partial charge in [0.1, 0.15) is 10.8 Å². The van der Waals surface area contributed by atoms with Gasteiger partial charge in [-0.2, -0.15) is 4.37 Å². The van der Waals surface area contributed by atoms with Crippen molar-refractivity contribution in [3.63, 3.8) is 0 Å². The highest BCUT2D eigenvalue weighted by Crippen LogP contribution is 2.26. The SMILES string of the molecule is CC(C)c1nsc(CN2CC3CCCN3CC2C)n1. The fourth-order valence-electron chi connectivity index (χ4n) is 3.21. The van der Waals surface area contributed by atoms with Gasteiger partial charge in [0.15, 0.2) is 0 Å². The monoisotopic (exact) mass is 280 g/mol. The van der Waals surface area contributed by atoms with Crippen LogP contribution in [0.5, 0.6) is 0 Å². The van der Waals surface area contributed by atoms with E-state index >= 15 is 0 Å². The van der Waals surface area contributed by atoms with E-state index in [1.807, 2.05) is 0 Å². The summed E-state index contributed by atoms with van der Waals surface area (Å²) in [7, 11) is 0. The van der Waals surface area contributed by atoms with E-state index < -0.39 is 0 Å². The Morgan fingerprint density at radius 1 is 1.37 bits per heavy atom. The average Bonchev–Trinajstić information content (AvgIpc) is 2.98. The second-order valence-corrected chi connectivity index (χ2v) is 7.11. The van der Waals surface area contributed by atoms with Crippen molar-refractivity contribution in [1.82, 2.24) is 19.2 Å². The molecule has 3 heterocycles. The normalized spacial score (nSPS) is 29.1. The largest absolute Gasteiger partial charge is 0.298 e. The molecule has 1 aromatic heterocycles. The number of fused-ring (bicyclic) bond motifs is 1. The number of hydrogen-bond donors (Lipinski definition) is 0. The van der Waals surface area contributed by atoms with Crippen LogP contribution in [-0.4, -0.2) is 50.9 Å². The maximum atomic E-state index is 4.68. The Hall–Kier alpha value is -0.520. The summed E-state index contributed by atoms with van der Waals surface area (Å²) in [6, 6.07) is 1.43. The van der Waals surface area contributed by atoms with Crippen molar-refractivity contribution in [3.8, 4) is 0 Å². The first-order valence-corrected chi connectivity index (χ1v) is 8.21. The minimum Gasteiger partial charge on any atom is -0.298 e. The molecule has 0 radical (unpaired) electrons. The molecule has 2 fully saturated rings. The molecule has 0 bridgehead atoms. The predicted molar refractivity (Wildman–Crippen MR) is 78.5 cm³/mol. The van der Waals surface area contributed by atoms with E-state index in [4.69, 9.17) is 0 Å². The maximum Gasteiger partial charge on any atom is 0.145 e. The lowest BCUT2D eigenvalue weighted by Crippen LogP contribution is -2.54. The van der Waals surface area contributed by atoms with E-state index in [0.29, 0.717) is 12.0 Å². The van der Waals surface area contributed by atoms with Crippen LogP contribution in [0.2, 0.25) is 0 Å². The molecular formula is C14H24N4S. The summed E-state index contributed by atoms with van der Waals surface area (Å²) in [4.78, 5) is 9.94. The van der Waals surface area contributed by atoms with Crippen molar-refractivity contribution in [2.45, 2.75) is 58.2 Å². The lowest BCUT2D eigenvalue weighted by Gasteiger charge is -2.41. The van der Waals surface area contributed by atoms with Crippen LogP contribution in [0.25, 0.3) is 0 Å². The van der Waals surface area contributed by atoms with Crippen LogP contribution in [-0.2, 0) is 6.54 Å². The zero-order valence-electron chi connectivity index (χ0n) is 12.2. The third-order valence-corrected chi connectivity index (χ3v) is 5.11. The Morgan fingerprint density at radius 2 is 2.21 bits per heavy atom. The van der Waals surface area contributed by atoms with Gasteiger partial charge >= 0.3 is 0 Å². The van der Waals surface area contributed by atoms with Crippen molar-refractivity contribution >= 4 is 11.5 Å². The first-order valence-electron chi connectivity index (χ1n) is 7.44. The van der Waals surface area contributed by atoms with Crippen LogP contribution in [0.3, 0.4) is 0 Å². The van der Waals surface area contributed by atoms with Gasteiger partial charge in [-0.3, -0.25) is 9.80 Å². The Kier molecular flexibility index (Phi) is 3.87. The zero-order valence-corrected chi connectivity index (χ0v) is 13.0. The molecular weight excluding hydrogens is 256 g/mol. The number of rotatable bonds is 3. The lowest BCUT2D eigenvalue weighted by atomic mass is 10.1. The smallest absolute Gasteiger partial charge is 0.145 e. The van der Waals surface area contributed by atoms with E-state index in [0.717, 1.165) is 18.4 Å². The maximum absolute atomic E-state index is 4.68. The molecule has 4 nitrogen and oxygen atoms in total. The van der Waals surface area contributed by atoms with Crippen LogP contribution >= 0.6 is 11.5 Å². The van der Waals surface area contributed by atoms with Crippen LogP contribution in [0.1, 0.15) is 50.4 Å². The molecule has 0 amide bonds. The Balaban J connectivity index is 1.65. The molecule has 5 heteroatoms. The summed E-state index contributed by atoms with van der Waals surface area (Å²) in [6.07, 6.45) is 2.75. The summed E-state index contributed by atoms with van der Waals surface area (Å²) in [5, 5.41) is 1.18. The van der Waals surface area contributed by atoms with Gasteiger partial charge in [-0.15, -0.1) is 0 Å². The van der Waals surface area contributed by atoms with Gasteiger partial charge in [-0.25, -0.2) is 4.98 Å². The third kappa shape index (κ3) is 2.83. The topological polar surface area (TPSA) is 32.3 Å². The molecule has 1 aromatic rings.